The van der Waals surface area contributed by atoms with E-state index in [0.29, 0.717) is 0 Å². The number of nitriles is 1. The SMILES string of the molecule is CCCCCc1c(C)c(C#N)c2nc3ccccc3n2c1N1CCC(C)CC1. The van der Waals surface area contributed by atoms with Gasteiger partial charge in [-0.05, 0) is 61.8 Å². The minimum Gasteiger partial charge on any atom is -0.357 e. The molecule has 1 aromatic carbocycles. The predicted molar refractivity (Wildman–Crippen MR) is 116 cm³/mol. The standard InChI is InChI=1S/C24H30N4/c1-4-5-6-9-19-18(3)20(16-25)23-26-21-10-7-8-11-22(21)28(23)24(19)27-14-12-17(2)13-15-27/h7-8,10-11,17H,4-6,9,12-15H2,1-3H3. The minimum atomic E-state index is 0.733. The van der Waals surface area contributed by atoms with Crippen LogP contribution in [0, 0.1) is 24.2 Å². The second kappa shape index (κ2) is 7.83. The number of anilines is 1. The van der Waals surface area contributed by atoms with Gasteiger partial charge in [-0.1, -0.05) is 38.8 Å². The monoisotopic (exact) mass is 374 g/mol. The first-order chi connectivity index (χ1) is 13.7. The molecule has 28 heavy (non-hydrogen) atoms. The molecule has 1 aliphatic rings. The number of fused-ring (bicyclic) bond motifs is 3. The lowest BCUT2D eigenvalue weighted by Crippen LogP contribution is -2.35. The van der Waals surface area contributed by atoms with Crippen LogP contribution in [0.1, 0.15) is 62.6 Å². The zero-order chi connectivity index (χ0) is 19.7. The van der Waals surface area contributed by atoms with Crippen LogP contribution in [-0.4, -0.2) is 22.5 Å². The predicted octanol–water partition coefficient (Wildman–Crippen LogP) is 5.64. The highest BCUT2D eigenvalue weighted by atomic mass is 15.2. The molecule has 0 saturated carbocycles. The van der Waals surface area contributed by atoms with E-state index in [4.69, 9.17) is 4.98 Å². The molecular formula is C24H30N4. The van der Waals surface area contributed by atoms with Crippen molar-refractivity contribution in [2.24, 2.45) is 5.92 Å². The topological polar surface area (TPSA) is 44.3 Å². The molecule has 4 heteroatoms. The van der Waals surface area contributed by atoms with Crippen molar-refractivity contribution in [3.8, 4) is 6.07 Å². The van der Waals surface area contributed by atoms with Crippen LogP contribution in [0.3, 0.4) is 0 Å². The zero-order valence-electron chi connectivity index (χ0n) is 17.3. The Kier molecular flexibility index (Phi) is 5.26. The Labute approximate surface area is 167 Å². The Morgan fingerprint density at radius 3 is 2.64 bits per heavy atom. The van der Waals surface area contributed by atoms with E-state index < -0.39 is 0 Å². The summed E-state index contributed by atoms with van der Waals surface area (Å²) < 4.78 is 2.28. The van der Waals surface area contributed by atoms with Gasteiger partial charge < -0.3 is 4.90 Å². The molecule has 146 valence electrons. The molecule has 3 aromatic rings. The van der Waals surface area contributed by atoms with E-state index in [1.165, 1.54) is 37.1 Å². The van der Waals surface area contributed by atoms with E-state index >= 15 is 0 Å². The number of imidazole rings is 1. The molecule has 0 spiro atoms. The fourth-order valence-corrected chi connectivity index (χ4v) is 4.57. The molecule has 4 rings (SSSR count). The Balaban J connectivity index is 2.00. The third-order valence-electron chi connectivity index (χ3n) is 6.32. The van der Waals surface area contributed by atoms with E-state index in [9.17, 15) is 5.26 Å². The molecule has 1 saturated heterocycles. The maximum atomic E-state index is 9.96. The second-order valence-electron chi connectivity index (χ2n) is 8.30. The van der Waals surface area contributed by atoms with Crippen molar-refractivity contribution in [1.29, 1.82) is 5.26 Å². The number of pyridine rings is 1. The van der Waals surface area contributed by atoms with Gasteiger partial charge in [0.15, 0.2) is 5.65 Å². The third kappa shape index (κ3) is 3.13. The molecular weight excluding hydrogens is 344 g/mol. The van der Waals surface area contributed by atoms with Gasteiger partial charge in [-0.15, -0.1) is 0 Å². The van der Waals surface area contributed by atoms with Crippen LogP contribution in [0.25, 0.3) is 16.7 Å². The molecule has 0 radical (unpaired) electrons. The molecule has 1 aliphatic heterocycles. The third-order valence-corrected chi connectivity index (χ3v) is 6.32. The lowest BCUT2D eigenvalue weighted by molar-refractivity contribution is 0.435. The number of unbranched alkanes of at least 4 members (excludes halogenated alkanes) is 2. The van der Waals surface area contributed by atoms with Gasteiger partial charge in [-0.25, -0.2) is 4.98 Å². The summed E-state index contributed by atoms with van der Waals surface area (Å²) in [5.74, 6) is 2.07. The Morgan fingerprint density at radius 2 is 1.93 bits per heavy atom. The van der Waals surface area contributed by atoms with Crippen LogP contribution in [-0.2, 0) is 6.42 Å². The molecule has 0 amide bonds. The first-order valence-corrected chi connectivity index (χ1v) is 10.7. The van der Waals surface area contributed by atoms with E-state index in [2.05, 4.69) is 54.3 Å². The van der Waals surface area contributed by atoms with Crippen molar-refractivity contribution in [2.75, 3.05) is 18.0 Å². The van der Waals surface area contributed by atoms with E-state index in [1.54, 1.807) is 0 Å². The van der Waals surface area contributed by atoms with Gasteiger partial charge in [-0.2, -0.15) is 5.26 Å². The van der Waals surface area contributed by atoms with Crippen molar-refractivity contribution in [3.63, 3.8) is 0 Å². The van der Waals surface area contributed by atoms with Crippen LogP contribution < -0.4 is 4.90 Å². The lowest BCUT2D eigenvalue weighted by atomic mass is 9.95. The molecule has 0 bridgehead atoms. The van der Waals surface area contributed by atoms with E-state index in [-0.39, 0.29) is 0 Å². The summed E-state index contributed by atoms with van der Waals surface area (Å²) in [6, 6.07) is 10.8. The fourth-order valence-electron chi connectivity index (χ4n) is 4.57. The molecule has 0 atom stereocenters. The van der Waals surface area contributed by atoms with Gasteiger partial charge in [0.25, 0.3) is 0 Å². The smallest absolute Gasteiger partial charge is 0.157 e. The summed E-state index contributed by atoms with van der Waals surface area (Å²) in [5.41, 5.74) is 6.09. The van der Waals surface area contributed by atoms with Gasteiger partial charge in [0.1, 0.15) is 11.9 Å². The quantitative estimate of drug-likeness (QED) is 0.543. The average molecular weight is 375 g/mol. The van der Waals surface area contributed by atoms with Crippen LogP contribution >= 0.6 is 0 Å². The number of hydrogen-bond acceptors (Lipinski definition) is 3. The average Bonchev–Trinajstić information content (AvgIpc) is 3.08. The van der Waals surface area contributed by atoms with Gasteiger partial charge >= 0.3 is 0 Å². The minimum absolute atomic E-state index is 0.733. The Hall–Kier alpha value is -2.54. The summed E-state index contributed by atoms with van der Waals surface area (Å²) >= 11 is 0. The van der Waals surface area contributed by atoms with Crippen LogP contribution in [0.5, 0.6) is 0 Å². The highest BCUT2D eigenvalue weighted by Crippen LogP contribution is 2.35. The molecule has 0 N–H and O–H groups in total. The van der Waals surface area contributed by atoms with Crippen LogP contribution in [0.2, 0.25) is 0 Å². The number of piperidine rings is 1. The van der Waals surface area contributed by atoms with Crippen molar-refractivity contribution < 1.29 is 0 Å². The molecule has 0 unspecified atom stereocenters. The molecule has 3 heterocycles. The van der Waals surface area contributed by atoms with Gasteiger partial charge in [0, 0.05) is 13.1 Å². The second-order valence-corrected chi connectivity index (χ2v) is 8.30. The van der Waals surface area contributed by atoms with Crippen molar-refractivity contribution >= 4 is 22.5 Å². The van der Waals surface area contributed by atoms with Gasteiger partial charge in [0.2, 0.25) is 0 Å². The largest absolute Gasteiger partial charge is 0.357 e. The van der Waals surface area contributed by atoms with Gasteiger partial charge in [0.05, 0.1) is 16.6 Å². The maximum Gasteiger partial charge on any atom is 0.157 e. The Bertz CT molecular complexity index is 1030. The number of rotatable bonds is 5. The lowest BCUT2D eigenvalue weighted by Gasteiger charge is -2.35. The summed E-state index contributed by atoms with van der Waals surface area (Å²) in [6.07, 6.45) is 7.07. The zero-order valence-corrected chi connectivity index (χ0v) is 17.3. The number of nitrogens with zero attached hydrogens (tertiary/aromatic N) is 4. The highest BCUT2D eigenvalue weighted by Gasteiger charge is 2.26. The molecule has 4 nitrogen and oxygen atoms in total. The van der Waals surface area contributed by atoms with E-state index in [1.807, 2.05) is 6.07 Å². The van der Waals surface area contributed by atoms with Crippen LogP contribution in [0.15, 0.2) is 24.3 Å². The first-order valence-electron chi connectivity index (χ1n) is 10.7. The summed E-state index contributed by atoms with van der Waals surface area (Å²) in [5, 5.41) is 9.96. The van der Waals surface area contributed by atoms with Gasteiger partial charge in [-0.3, -0.25) is 4.40 Å². The molecule has 0 aliphatic carbocycles. The summed E-state index contributed by atoms with van der Waals surface area (Å²) in [4.78, 5) is 7.42. The molecule has 2 aromatic heterocycles. The van der Waals surface area contributed by atoms with Crippen molar-refractivity contribution in [3.05, 3.63) is 41.0 Å². The molecule has 1 fully saturated rings. The first kappa shape index (κ1) is 18.8. The van der Waals surface area contributed by atoms with Crippen molar-refractivity contribution in [1.82, 2.24) is 9.38 Å². The fraction of sp³-hybridized carbons (Fsp3) is 0.500. The Morgan fingerprint density at radius 1 is 1.18 bits per heavy atom. The number of hydrogen-bond donors (Lipinski definition) is 0. The van der Waals surface area contributed by atoms with Crippen LogP contribution in [0.4, 0.5) is 5.82 Å². The number of aromatic nitrogens is 2. The summed E-state index contributed by atoms with van der Waals surface area (Å²) in [7, 11) is 0. The van der Waals surface area contributed by atoms with E-state index in [0.717, 1.165) is 59.7 Å². The number of para-hydroxylation sites is 2. The summed E-state index contributed by atoms with van der Waals surface area (Å²) in [6.45, 7) is 8.87. The van der Waals surface area contributed by atoms with Crippen molar-refractivity contribution in [2.45, 2.75) is 59.3 Å². The highest BCUT2D eigenvalue weighted by molar-refractivity contribution is 5.86. The normalized spacial score (nSPS) is 15.4. The number of benzene rings is 1. The maximum absolute atomic E-state index is 9.96.